The van der Waals surface area contributed by atoms with Crippen molar-refractivity contribution in [3.8, 4) is 0 Å². The Morgan fingerprint density at radius 1 is 0.769 bits per heavy atom. The lowest BCUT2D eigenvalue weighted by Gasteiger charge is -2.35. The van der Waals surface area contributed by atoms with Crippen LogP contribution in [-0.4, -0.2) is 5.16 Å². The molecule has 0 aromatic heterocycles. The molecule has 1 unspecified atom stereocenters. The first-order valence-electron chi connectivity index (χ1n) is 11.5. The summed E-state index contributed by atoms with van der Waals surface area (Å²) in [4.78, 5) is 0. The van der Waals surface area contributed by atoms with Crippen LogP contribution in [0.15, 0.2) is 12.1 Å². The van der Waals surface area contributed by atoms with Crippen molar-refractivity contribution in [1.82, 2.24) is 0 Å². The fraction of sp³-hybridized carbons (Fsp3) is 0.760. The van der Waals surface area contributed by atoms with Crippen molar-refractivity contribution in [2.75, 3.05) is 0 Å². The van der Waals surface area contributed by atoms with Gasteiger partial charge < -0.3 is 0 Å². The molecule has 1 saturated carbocycles. The van der Waals surface area contributed by atoms with Gasteiger partial charge in [-0.25, -0.2) is 0 Å². The number of aryl methyl sites for hydroxylation is 1. The monoisotopic (exact) mass is 374 g/mol. The summed E-state index contributed by atoms with van der Waals surface area (Å²) in [7, 11) is 1.02. The Morgan fingerprint density at radius 3 is 1.96 bits per heavy atom. The highest BCUT2D eigenvalue weighted by molar-refractivity contribution is 7.49. The first-order valence-corrected chi connectivity index (χ1v) is 12.5. The summed E-state index contributed by atoms with van der Waals surface area (Å²) in [5, 5.41) is 2.31. The van der Waals surface area contributed by atoms with Gasteiger partial charge in [0.05, 0.1) is 0 Å². The van der Waals surface area contributed by atoms with Gasteiger partial charge in [0, 0.05) is 0 Å². The van der Waals surface area contributed by atoms with E-state index in [0.717, 1.165) is 8.58 Å². The van der Waals surface area contributed by atoms with Gasteiger partial charge in [-0.3, -0.25) is 0 Å². The van der Waals surface area contributed by atoms with Crippen LogP contribution in [-0.2, 0) is 19.3 Å². The average molecular weight is 375 g/mol. The van der Waals surface area contributed by atoms with E-state index in [9.17, 15) is 0 Å². The SMILES string of the molecule is CCCCc1ccc(PC2(C)CCCCC2)c(CCCC)c1CCCC. The Balaban J connectivity index is 2.34. The summed E-state index contributed by atoms with van der Waals surface area (Å²) >= 11 is 0. The fourth-order valence-electron chi connectivity index (χ4n) is 4.55. The number of hydrogen-bond acceptors (Lipinski definition) is 0. The van der Waals surface area contributed by atoms with E-state index >= 15 is 0 Å². The second kappa shape index (κ2) is 11.5. The molecule has 1 heteroatoms. The summed E-state index contributed by atoms with van der Waals surface area (Å²) < 4.78 is 0. The van der Waals surface area contributed by atoms with Gasteiger partial charge in [0.25, 0.3) is 0 Å². The molecule has 1 fully saturated rings. The van der Waals surface area contributed by atoms with Crippen molar-refractivity contribution in [1.29, 1.82) is 0 Å². The Kier molecular flexibility index (Phi) is 9.69. The minimum atomic E-state index is 0.576. The van der Waals surface area contributed by atoms with Crippen molar-refractivity contribution >= 4 is 13.9 Å². The van der Waals surface area contributed by atoms with E-state index in [2.05, 4.69) is 39.8 Å². The highest BCUT2D eigenvalue weighted by Gasteiger charge is 2.28. The Morgan fingerprint density at radius 2 is 1.35 bits per heavy atom. The fourth-order valence-corrected chi connectivity index (χ4v) is 6.39. The van der Waals surface area contributed by atoms with Crippen LogP contribution in [0.3, 0.4) is 0 Å². The van der Waals surface area contributed by atoms with E-state index in [4.69, 9.17) is 0 Å². The molecular weight excluding hydrogens is 331 g/mol. The van der Waals surface area contributed by atoms with Crippen LogP contribution in [0.1, 0.15) is 115 Å². The normalized spacial score (nSPS) is 17.2. The molecule has 0 amide bonds. The van der Waals surface area contributed by atoms with E-state index in [1.807, 2.05) is 0 Å². The maximum atomic E-state index is 2.57. The second-order valence-corrected chi connectivity index (χ2v) is 10.8. The molecule has 1 aromatic carbocycles. The maximum absolute atomic E-state index is 2.57. The third-order valence-electron chi connectivity index (χ3n) is 6.28. The molecule has 0 N–H and O–H groups in total. The molecule has 1 aliphatic rings. The minimum Gasteiger partial charge on any atom is -0.0840 e. The van der Waals surface area contributed by atoms with Gasteiger partial charge in [0.1, 0.15) is 0 Å². The van der Waals surface area contributed by atoms with Gasteiger partial charge in [0.2, 0.25) is 0 Å². The molecule has 0 saturated heterocycles. The molecule has 0 nitrogen and oxygen atoms in total. The van der Waals surface area contributed by atoms with Crippen LogP contribution in [0, 0.1) is 0 Å². The van der Waals surface area contributed by atoms with Gasteiger partial charge in [-0.2, -0.15) is 0 Å². The van der Waals surface area contributed by atoms with E-state index in [1.165, 1.54) is 89.9 Å². The van der Waals surface area contributed by atoms with Crippen LogP contribution >= 0.6 is 8.58 Å². The summed E-state index contributed by atoms with van der Waals surface area (Å²) in [6.07, 6.45) is 19.1. The zero-order chi connectivity index (χ0) is 18.8. The van der Waals surface area contributed by atoms with E-state index in [-0.39, 0.29) is 0 Å². The third-order valence-corrected chi connectivity index (χ3v) is 8.12. The molecule has 1 aliphatic carbocycles. The molecule has 0 spiro atoms. The highest BCUT2D eigenvalue weighted by atomic mass is 31.1. The van der Waals surface area contributed by atoms with E-state index in [1.54, 1.807) is 22.0 Å². The van der Waals surface area contributed by atoms with Crippen LogP contribution in [0.5, 0.6) is 0 Å². The highest BCUT2D eigenvalue weighted by Crippen LogP contribution is 2.44. The van der Waals surface area contributed by atoms with Gasteiger partial charge >= 0.3 is 0 Å². The Bertz CT molecular complexity index is 525. The Hall–Kier alpha value is -0.350. The third kappa shape index (κ3) is 6.37. The van der Waals surface area contributed by atoms with Crippen molar-refractivity contribution < 1.29 is 0 Å². The standard InChI is InChI=1S/C25H43P/c1-5-8-14-21-17-18-24(26-25(4)19-12-11-13-20-25)23(16-10-7-3)22(21)15-9-6-2/h17-18,26H,5-16,19-20H2,1-4H3. The topological polar surface area (TPSA) is 0 Å². The van der Waals surface area contributed by atoms with E-state index in [0.29, 0.717) is 5.16 Å². The van der Waals surface area contributed by atoms with Gasteiger partial charge in [-0.15, -0.1) is 0 Å². The number of unbranched alkanes of at least 4 members (excludes halogenated alkanes) is 3. The minimum absolute atomic E-state index is 0.576. The summed E-state index contributed by atoms with van der Waals surface area (Å²) in [5.41, 5.74) is 5.21. The first-order chi connectivity index (χ1) is 12.6. The zero-order valence-electron chi connectivity index (χ0n) is 18.1. The summed E-state index contributed by atoms with van der Waals surface area (Å²) in [5.74, 6) is 0. The molecule has 0 aliphatic heterocycles. The predicted molar refractivity (Wildman–Crippen MR) is 122 cm³/mol. The summed E-state index contributed by atoms with van der Waals surface area (Å²) in [6.45, 7) is 9.58. The molecule has 0 radical (unpaired) electrons. The van der Waals surface area contributed by atoms with Gasteiger partial charge in [-0.1, -0.05) is 86.9 Å². The van der Waals surface area contributed by atoms with Crippen LogP contribution in [0.2, 0.25) is 0 Å². The molecule has 1 atom stereocenters. The van der Waals surface area contributed by atoms with Crippen LogP contribution in [0.4, 0.5) is 0 Å². The van der Waals surface area contributed by atoms with E-state index < -0.39 is 0 Å². The maximum Gasteiger partial charge on any atom is -0.0110 e. The van der Waals surface area contributed by atoms with Crippen molar-refractivity contribution in [3.63, 3.8) is 0 Å². The Labute approximate surface area is 165 Å². The quantitative estimate of drug-likeness (QED) is 0.347. The molecule has 0 bridgehead atoms. The second-order valence-electron chi connectivity index (χ2n) is 8.79. The molecule has 2 rings (SSSR count). The van der Waals surface area contributed by atoms with Crippen LogP contribution < -0.4 is 5.30 Å². The lowest BCUT2D eigenvalue weighted by Crippen LogP contribution is -2.26. The number of rotatable bonds is 11. The molecule has 1 aromatic rings. The largest absolute Gasteiger partial charge is 0.0840 e. The van der Waals surface area contributed by atoms with Gasteiger partial charge in [0.15, 0.2) is 0 Å². The zero-order valence-corrected chi connectivity index (χ0v) is 19.1. The lowest BCUT2D eigenvalue weighted by atomic mass is 9.90. The first kappa shape index (κ1) is 21.9. The number of benzene rings is 1. The number of hydrogen-bond donors (Lipinski definition) is 0. The lowest BCUT2D eigenvalue weighted by molar-refractivity contribution is 0.419. The smallest absolute Gasteiger partial charge is 0.0110 e. The molecule has 26 heavy (non-hydrogen) atoms. The predicted octanol–water partition coefficient (Wildman–Crippen LogP) is 7.74. The molecule has 0 heterocycles. The molecular formula is C25H43P. The van der Waals surface area contributed by atoms with Crippen molar-refractivity contribution in [3.05, 3.63) is 28.8 Å². The molecule has 148 valence electrons. The van der Waals surface area contributed by atoms with Crippen molar-refractivity contribution in [2.45, 2.75) is 123 Å². The van der Waals surface area contributed by atoms with Crippen LogP contribution in [0.25, 0.3) is 0 Å². The summed E-state index contributed by atoms with van der Waals surface area (Å²) in [6, 6.07) is 5.06. The van der Waals surface area contributed by atoms with Crippen molar-refractivity contribution in [2.24, 2.45) is 0 Å². The van der Waals surface area contributed by atoms with Gasteiger partial charge in [-0.05, 0) is 78.5 Å². The average Bonchev–Trinajstić information content (AvgIpc) is 2.64.